The third kappa shape index (κ3) is 2.83. The molecule has 0 atom stereocenters. The van der Waals surface area contributed by atoms with Crippen molar-refractivity contribution in [2.45, 2.75) is 6.92 Å². The van der Waals surface area contributed by atoms with Gasteiger partial charge >= 0.3 is 0 Å². The molecule has 104 valence electrons. The van der Waals surface area contributed by atoms with Crippen molar-refractivity contribution in [1.29, 1.82) is 0 Å². The van der Waals surface area contributed by atoms with Crippen molar-refractivity contribution in [3.8, 4) is 11.6 Å². The number of thiocarbonyl (C=S) groups is 1. The van der Waals surface area contributed by atoms with E-state index in [1.807, 2.05) is 43.3 Å². The molecule has 0 bridgehead atoms. The topological polar surface area (TPSA) is 61.0 Å². The SMILES string of the molecule is Cc1ccc(Oc2cc(C(N)=S)c3ccccc3n2)cn1. The third-order valence-electron chi connectivity index (χ3n) is 3.06. The van der Waals surface area contributed by atoms with Crippen LogP contribution in [-0.2, 0) is 0 Å². The van der Waals surface area contributed by atoms with Gasteiger partial charge in [-0.05, 0) is 25.1 Å². The van der Waals surface area contributed by atoms with Crippen LogP contribution in [0.3, 0.4) is 0 Å². The maximum absolute atomic E-state index is 5.80. The van der Waals surface area contributed by atoms with Gasteiger partial charge in [0.1, 0.15) is 10.7 Å². The van der Waals surface area contributed by atoms with Gasteiger partial charge in [0.15, 0.2) is 0 Å². The van der Waals surface area contributed by atoms with Crippen molar-refractivity contribution in [3.63, 3.8) is 0 Å². The second-order valence-corrected chi connectivity index (χ2v) is 5.07. The minimum Gasteiger partial charge on any atom is -0.437 e. The largest absolute Gasteiger partial charge is 0.437 e. The lowest BCUT2D eigenvalue weighted by molar-refractivity contribution is 0.462. The molecule has 21 heavy (non-hydrogen) atoms. The normalized spacial score (nSPS) is 10.5. The number of benzene rings is 1. The Balaban J connectivity index is 2.06. The van der Waals surface area contributed by atoms with E-state index >= 15 is 0 Å². The molecule has 4 nitrogen and oxygen atoms in total. The van der Waals surface area contributed by atoms with E-state index in [9.17, 15) is 0 Å². The van der Waals surface area contributed by atoms with Gasteiger partial charge in [-0.2, -0.15) is 0 Å². The molecular formula is C16H13N3OS. The molecule has 0 aliphatic carbocycles. The molecule has 0 spiro atoms. The van der Waals surface area contributed by atoms with Crippen molar-refractivity contribution in [2.24, 2.45) is 5.73 Å². The molecule has 0 saturated carbocycles. The first-order valence-electron chi connectivity index (χ1n) is 6.43. The zero-order valence-corrected chi connectivity index (χ0v) is 12.2. The number of aryl methyl sites for hydroxylation is 1. The van der Waals surface area contributed by atoms with E-state index in [0.29, 0.717) is 16.6 Å². The summed E-state index contributed by atoms with van der Waals surface area (Å²) in [7, 11) is 0. The number of pyridine rings is 2. The van der Waals surface area contributed by atoms with Gasteiger partial charge < -0.3 is 10.5 Å². The first-order valence-corrected chi connectivity index (χ1v) is 6.84. The summed E-state index contributed by atoms with van der Waals surface area (Å²) in [5.41, 5.74) is 8.27. The van der Waals surface area contributed by atoms with Crippen LogP contribution in [0.25, 0.3) is 10.9 Å². The molecule has 0 amide bonds. The van der Waals surface area contributed by atoms with Gasteiger partial charge in [0, 0.05) is 22.7 Å². The number of nitrogens with two attached hydrogens (primary N) is 1. The fourth-order valence-electron chi connectivity index (χ4n) is 2.04. The Morgan fingerprint density at radius 3 is 2.71 bits per heavy atom. The smallest absolute Gasteiger partial charge is 0.220 e. The van der Waals surface area contributed by atoms with Gasteiger partial charge in [0.2, 0.25) is 5.88 Å². The lowest BCUT2D eigenvalue weighted by Gasteiger charge is -2.09. The van der Waals surface area contributed by atoms with Crippen LogP contribution in [0.1, 0.15) is 11.3 Å². The molecule has 0 fully saturated rings. The number of ether oxygens (including phenoxy) is 1. The molecule has 2 aromatic heterocycles. The molecule has 5 heteroatoms. The molecule has 0 radical (unpaired) electrons. The van der Waals surface area contributed by atoms with Crippen LogP contribution in [0.15, 0.2) is 48.7 Å². The number of nitrogens with zero attached hydrogens (tertiary/aromatic N) is 2. The highest BCUT2D eigenvalue weighted by Gasteiger charge is 2.09. The zero-order chi connectivity index (χ0) is 14.8. The van der Waals surface area contributed by atoms with E-state index < -0.39 is 0 Å². The Kier molecular flexibility index (Phi) is 3.50. The Labute approximate surface area is 127 Å². The first kappa shape index (κ1) is 13.5. The Hall–Kier alpha value is -2.53. The lowest BCUT2D eigenvalue weighted by Crippen LogP contribution is -2.10. The molecule has 1 aromatic carbocycles. The molecule has 3 rings (SSSR count). The predicted octanol–water partition coefficient (Wildman–Crippen LogP) is 3.36. The summed E-state index contributed by atoms with van der Waals surface area (Å²) in [6.45, 7) is 1.92. The molecular weight excluding hydrogens is 282 g/mol. The van der Waals surface area contributed by atoms with Crippen LogP contribution < -0.4 is 10.5 Å². The quantitative estimate of drug-likeness (QED) is 0.751. The molecule has 3 aromatic rings. The Bertz CT molecular complexity index is 815. The van der Waals surface area contributed by atoms with Crippen molar-refractivity contribution in [1.82, 2.24) is 9.97 Å². The molecule has 0 unspecified atom stereocenters. The maximum Gasteiger partial charge on any atom is 0.220 e. The monoisotopic (exact) mass is 295 g/mol. The first-order chi connectivity index (χ1) is 10.1. The van der Waals surface area contributed by atoms with Crippen LogP contribution in [-0.4, -0.2) is 15.0 Å². The number of hydrogen-bond donors (Lipinski definition) is 1. The number of fused-ring (bicyclic) bond motifs is 1. The average Bonchev–Trinajstić information content (AvgIpc) is 2.48. The molecule has 0 aliphatic rings. The minimum absolute atomic E-state index is 0.320. The van der Waals surface area contributed by atoms with Crippen molar-refractivity contribution in [2.75, 3.05) is 0 Å². The van der Waals surface area contributed by atoms with Gasteiger partial charge in [-0.15, -0.1) is 0 Å². The maximum atomic E-state index is 5.80. The van der Waals surface area contributed by atoms with E-state index in [0.717, 1.165) is 22.2 Å². The number of rotatable bonds is 3. The fraction of sp³-hybridized carbons (Fsp3) is 0.0625. The van der Waals surface area contributed by atoms with Gasteiger partial charge in [0.05, 0.1) is 11.7 Å². The van der Waals surface area contributed by atoms with E-state index in [-0.39, 0.29) is 0 Å². The summed E-state index contributed by atoms with van der Waals surface area (Å²) in [5, 5.41) is 0.916. The fourth-order valence-corrected chi connectivity index (χ4v) is 2.21. The Morgan fingerprint density at radius 2 is 2.00 bits per heavy atom. The average molecular weight is 295 g/mol. The van der Waals surface area contributed by atoms with Crippen LogP contribution in [0, 0.1) is 6.92 Å². The number of para-hydroxylation sites is 1. The van der Waals surface area contributed by atoms with E-state index in [1.165, 1.54) is 0 Å². The van der Waals surface area contributed by atoms with Gasteiger partial charge in [-0.25, -0.2) is 4.98 Å². The zero-order valence-electron chi connectivity index (χ0n) is 11.4. The summed E-state index contributed by atoms with van der Waals surface area (Å²) < 4.78 is 5.74. The van der Waals surface area contributed by atoms with Crippen molar-refractivity contribution < 1.29 is 4.74 Å². The van der Waals surface area contributed by atoms with Crippen LogP contribution >= 0.6 is 12.2 Å². The minimum atomic E-state index is 0.320. The van der Waals surface area contributed by atoms with Gasteiger partial charge in [-0.1, -0.05) is 30.4 Å². The lowest BCUT2D eigenvalue weighted by atomic mass is 10.1. The number of hydrogen-bond acceptors (Lipinski definition) is 4. The highest BCUT2D eigenvalue weighted by Crippen LogP contribution is 2.25. The van der Waals surface area contributed by atoms with E-state index in [1.54, 1.807) is 12.3 Å². The standard InChI is InChI=1S/C16H13N3OS/c1-10-6-7-11(9-18-10)20-15-8-13(16(17)21)12-4-2-3-5-14(12)19-15/h2-9H,1H3,(H2,17,21). The second kappa shape index (κ2) is 5.46. The summed E-state index contributed by atoms with van der Waals surface area (Å²) >= 11 is 5.11. The highest BCUT2D eigenvalue weighted by atomic mass is 32.1. The van der Waals surface area contributed by atoms with Crippen molar-refractivity contribution >= 4 is 28.1 Å². The summed E-state index contributed by atoms with van der Waals surface area (Å²) in [6, 6.07) is 13.2. The summed E-state index contributed by atoms with van der Waals surface area (Å²) in [4.78, 5) is 8.98. The predicted molar refractivity (Wildman–Crippen MR) is 86.7 cm³/mol. The van der Waals surface area contributed by atoms with Gasteiger partial charge in [-0.3, -0.25) is 4.98 Å². The Morgan fingerprint density at radius 1 is 1.19 bits per heavy atom. The van der Waals surface area contributed by atoms with Crippen LogP contribution in [0.5, 0.6) is 11.6 Å². The van der Waals surface area contributed by atoms with E-state index in [4.69, 9.17) is 22.7 Å². The summed E-state index contributed by atoms with van der Waals surface area (Å²) in [6.07, 6.45) is 1.66. The third-order valence-corrected chi connectivity index (χ3v) is 3.28. The van der Waals surface area contributed by atoms with Crippen molar-refractivity contribution in [3.05, 3.63) is 59.9 Å². The molecule has 2 N–H and O–H groups in total. The van der Waals surface area contributed by atoms with Gasteiger partial charge in [0.25, 0.3) is 0 Å². The highest BCUT2D eigenvalue weighted by molar-refractivity contribution is 7.80. The van der Waals surface area contributed by atoms with Crippen LogP contribution in [0.4, 0.5) is 0 Å². The second-order valence-electron chi connectivity index (χ2n) is 4.63. The summed E-state index contributed by atoms with van der Waals surface area (Å²) in [5.74, 6) is 1.07. The number of aromatic nitrogens is 2. The van der Waals surface area contributed by atoms with Crippen LogP contribution in [0.2, 0.25) is 0 Å². The molecule has 0 saturated heterocycles. The molecule has 0 aliphatic heterocycles. The van der Waals surface area contributed by atoms with E-state index in [2.05, 4.69) is 9.97 Å². The molecule has 2 heterocycles.